The van der Waals surface area contributed by atoms with Gasteiger partial charge in [0.05, 0.1) is 0 Å². The molecule has 0 spiro atoms. The van der Waals surface area contributed by atoms with Gasteiger partial charge in [0, 0.05) is 36.8 Å². The van der Waals surface area contributed by atoms with E-state index in [-0.39, 0.29) is 11.8 Å². The maximum absolute atomic E-state index is 12.1. The van der Waals surface area contributed by atoms with Crippen molar-refractivity contribution in [2.24, 2.45) is 11.0 Å². The summed E-state index contributed by atoms with van der Waals surface area (Å²) in [7, 11) is 0. The number of carbonyl (C=O) groups is 1. The third kappa shape index (κ3) is 2.00. The summed E-state index contributed by atoms with van der Waals surface area (Å²) < 4.78 is 1.88. The molecule has 2 aromatic heterocycles. The lowest BCUT2D eigenvalue weighted by Gasteiger charge is -2.17. The highest BCUT2D eigenvalue weighted by atomic mass is 16.2. The number of azide groups is 1. The molecular weight excluding hydrogens is 244 g/mol. The maximum Gasteiger partial charge on any atom is 0.228 e. The Kier molecular flexibility index (Phi) is 2.81. The topological polar surface area (TPSA) is 86.4 Å². The summed E-state index contributed by atoms with van der Waals surface area (Å²) in [5, 5.41) is 3.55. The molecule has 1 atom stereocenters. The van der Waals surface area contributed by atoms with Gasteiger partial charge in [0.15, 0.2) is 0 Å². The summed E-state index contributed by atoms with van der Waals surface area (Å²) in [6.45, 7) is 0.938. The van der Waals surface area contributed by atoms with E-state index >= 15 is 0 Å². The van der Waals surface area contributed by atoms with Gasteiger partial charge >= 0.3 is 0 Å². The predicted octanol–water partition coefficient (Wildman–Crippen LogP) is 2.00. The molecule has 0 bridgehead atoms. The van der Waals surface area contributed by atoms with E-state index in [9.17, 15) is 4.79 Å². The molecule has 96 valence electrons. The SMILES string of the molecule is [N-]=[N+]=NCC1CC(=O)N(c2cccc3nccn23)C1. The minimum atomic E-state index is 0.0549. The predicted molar refractivity (Wildman–Crippen MR) is 69.7 cm³/mol. The van der Waals surface area contributed by atoms with Crippen LogP contribution in [-0.2, 0) is 4.79 Å². The number of carbonyl (C=O) groups excluding carboxylic acids is 1. The molecule has 2 aromatic rings. The van der Waals surface area contributed by atoms with Crippen molar-refractivity contribution < 1.29 is 4.79 Å². The number of fused-ring (bicyclic) bond motifs is 1. The summed E-state index contributed by atoms with van der Waals surface area (Å²) in [5.74, 6) is 0.949. The molecule has 1 unspecified atom stereocenters. The number of hydrogen-bond acceptors (Lipinski definition) is 3. The van der Waals surface area contributed by atoms with Crippen molar-refractivity contribution in [2.45, 2.75) is 6.42 Å². The van der Waals surface area contributed by atoms with Gasteiger partial charge in [-0.25, -0.2) is 4.98 Å². The zero-order valence-electron chi connectivity index (χ0n) is 10.2. The zero-order valence-corrected chi connectivity index (χ0v) is 10.2. The fourth-order valence-corrected chi connectivity index (χ4v) is 2.43. The van der Waals surface area contributed by atoms with Gasteiger partial charge in [0.25, 0.3) is 0 Å². The van der Waals surface area contributed by atoms with E-state index in [4.69, 9.17) is 5.53 Å². The first-order valence-electron chi connectivity index (χ1n) is 6.03. The summed E-state index contributed by atoms with van der Waals surface area (Å²) in [6.07, 6.45) is 3.96. The molecule has 0 saturated carbocycles. The van der Waals surface area contributed by atoms with Crippen LogP contribution >= 0.6 is 0 Å². The Balaban J connectivity index is 1.92. The average molecular weight is 256 g/mol. The van der Waals surface area contributed by atoms with Gasteiger partial charge in [-0.1, -0.05) is 11.2 Å². The molecule has 19 heavy (non-hydrogen) atoms. The lowest BCUT2D eigenvalue weighted by Crippen LogP contribution is -2.26. The molecule has 7 nitrogen and oxygen atoms in total. The van der Waals surface area contributed by atoms with Crippen LogP contribution in [0.2, 0.25) is 0 Å². The van der Waals surface area contributed by atoms with Crippen molar-refractivity contribution in [2.75, 3.05) is 18.0 Å². The van der Waals surface area contributed by atoms with Gasteiger partial charge < -0.3 is 0 Å². The van der Waals surface area contributed by atoms with E-state index in [1.54, 1.807) is 11.1 Å². The maximum atomic E-state index is 12.1. The summed E-state index contributed by atoms with van der Waals surface area (Å²) >= 11 is 0. The first kappa shape index (κ1) is 11.6. The Morgan fingerprint density at radius 3 is 3.26 bits per heavy atom. The van der Waals surface area contributed by atoms with Gasteiger partial charge in [-0.15, -0.1) is 0 Å². The Bertz CT molecular complexity index is 672. The smallest absolute Gasteiger partial charge is 0.228 e. The van der Waals surface area contributed by atoms with E-state index < -0.39 is 0 Å². The summed E-state index contributed by atoms with van der Waals surface area (Å²) in [5.41, 5.74) is 9.15. The minimum absolute atomic E-state index is 0.0549. The van der Waals surface area contributed by atoms with Crippen molar-refractivity contribution >= 4 is 17.4 Å². The van der Waals surface area contributed by atoms with Crippen molar-refractivity contribution in [1.82, 2.24) is 9.38 Å². The fraction of sp³-hybridized carbons (Fsp3) is 0.333. The molecule has 1 amide bonds. The summed E-state index contributed by atoms with van der Waals surface area (Å²) in [4.78, 5) is 20.7. The number of aromatic nitrogens is 2. The first-order chi connectivity index (χ1) is 9.29. The van der Waals surface area contributed by atoms with E-state index in [1.165, 1.54) is 0 Å². The van der Waals surface area contributed by atoms with Crippen LogP contribution in [0.25, 0.3) is 16.1 Å². The number of rotatable bonds is 3. The molecular formula is C12H12N6O. The number of imidazole rings is 1. The van der Waals surface area contributed by atoms with Crippen LogP contribution < -0.4 is 4.90 Å². The van der Waals surface area contributed by atoms with Crippen molar-refractivity contribution in [3.63, 3.8) is 0 Å². The van der Waals surface area contributed by atoms with Gasteiger partial charge in [0.1, 0.15) is 11.5 Å². The van der Waals surface area contributed by atoms with Gasteiger partial charge in [-0.2, -0.15) is 0 Å². The monoisotopic (exact) mass is 256 g/mol. The number of hydrogen-bond donors (Lipinski definition) is 0. The molecule has 0 N–H and O–H groups in total. The number of pyridine rings is 1. The van der Waals surface area contributed by atoms with Crippen LogP contribution in [0, 0.1) is 5.92 Å². The number of amides is 1. The molecule has 1 fully saturated rings. The van der Waals surface area contributed by atoms with Crippen LogP contribution in [-0.4, -0.2) is 28.4 Å². The van der Waals surface area contributed by atoms with E-state index in [0.717, 1.165) is 11.5 Å². The largest absolute Gasteiger partial charge is 0.298 e. The quantitative estimate of drug-likeness (QED) is 0.477. The van der Waals surface area contributed by atoms with Gasteiger partial charge in [-0.05, 0) is 23.6 Å². The van der Waals surface area contributed by atoms with Crippen molar-refractivity contribution in [3.05, 3.63) is 41.0 Å². The molecule has 0 radical (unpaired) electrons. The van der Waals surface area contributed by atoms with Crippen LogP contribution in [0.5, 0.6) is 0 Å². The van der Waals surface area contributed by atoms with Gasteiger partial charge in [0.2, 0.25) is 5.91 Å². The van der Waals surface area contributed by atoms with E-state index in [0.29, 0.717) is 19.5 Å². The van der Waals surface area contributed by atoms with Crippen LogP contribution in [0.1, 0.15) is 6.42 Å². The normalized spacial score (nSPS) is 18.8. The zero-order chi connectivity index (χ0) is 13.2. The highest BCUT2D eigenvalue weighted by molar-refractivity contribution is 5.95. The molecule has 1 aliphatic rings. The molecule has 3 rings (SSSR count). The van der Waals surface area contributed by atoms with Crippen LogP contribution in [0.3, 0.4) is 0 Å². The lowest BCUT2D eigenvalue weighted by atomic mass is 10.1. The molecule has 0 aromatic carbocycles. The Morgan fingerprint density at radius 1 is 1.53 bits per heavy atom. The minimum Gasteiger partial charge on any atom is -0.298 e. The lowest BCUT2D eigenvalue weighted by molar-refractivity contribution is -0.117. The fourth-order valence-electron chi connectivity index (χ4n) is 2.43. The second kappa shape index (κ2) is 4.62. The third-order valence-electron chi connectivity index (χ3n) is 3.29. The highest BCUT2D eigenvalue weighted by Gasteiger charge is 2.31. The second-order valence-corrected chi connectivity index (χ2v) is 4.53. The Labute approximate surface area is 109 Å². The Hall–Kier alpha value is -2.53. The first-order valence-corrected chi connectivity index (χ1v) is 6.03. The van der Waals surface area contributed by atoms with Crippen molar-refractivity contribution in [1.29, 1.82) is 0 Å². The number of nitrogens with zero attached hydrogens (tertiary/aromatic N) is 6. The molecule has 1 aliphatic heterocycles. The van der Waals surface area contributed by atoms with E-state index in [1.807, 2.05) is 28.8 Å². The van der Waals surface area contributed by atoms with Crippen LogP contribution in [0.15, 0.2) is 35.7 Å². The van der Waals surface area contributed by atoms with Crippen LogP contribution in [0.4, 0.5) is 5.82 Å². The molecule has 1 saturated heterocycles. The van der Waals surface area contributed by atoms with Gasteiger partial charge in [-0.3, -0.25) is 14.1 Å². The Morgan fingerprint density at radius 2 is 2.42 bits per heavy atom. The average Bonchev–Trinajstić information content (AvgIpc) is 3.02. The molecule has 0 aliphatic carbocycles. The number of anilines is 1. The molecule has 3 heterocycles. The van der Waals surface area contributed by atoms with Crippen molar-refractivity contribution in [3.8, 4) is 0 Å². The van der Waals surface area contributed by atoms with E-state index in [2.05, 4.69) is 15.0 Å². The second-order valence-electron chi connectivity index (χ2n) is 4.53. The standard InChI is InChI=1S/C12H12N6O/c13-16-15-7-9-6-12(19)18(8-9)11-3-1-2-10-14-4-5-17(10)11/h1-5,9H,6-8H2. The molecule has 7 heteroatoms. The summed E-state index contributed by atoms with van der Waals surface area (Å²) in [6, 6.07) is 5.66. The third-order valence-corrected chi connectivity index (χ3v) is 3.29. The highest BCUT2D eigenvalue weighted by Crippen LogP contribution is 2.25.